The van der Waals surface area contributed by atoms with Crippen LogP contribution in [0.4, 0.5) is 0 Å². The number of halogens is 4. The Bertz CT molecular complexity index is 57.3. The average molecular weight is 258 g/mol. The molecule has 0 spiro atoms. The Morgan fingerprint density at radius 1 is 0.727 bits per heavy atom. The van der Waals surface area contributed by atoms with Crippen LogP contribution < -0.4 is 0 Å². The normalized spacial score (nSPS) is 9.82. The Kier molecular flexibility index (Phi) is 15.9. The number of hydrogen-bond acceptors (Lipinski definition) is 0. The lowest BCUT2D eigenvalue weighted by Gasteiger charge is -2.12. The Hall–Kier alpha value is 1.59. The van der Waals surface area contributed by atoms with Gasteiger partial charge in [-0.2, -0.15) is 0 Å². The van der Waals surface area contributed by atoms with E-state index in [1.165, 1.54) is 0 Å². The van der Waals surface area contributed by atoms with Gasteiger partial charge in [-0.25, -0.2) is 0 Å². The van der Waals surface area contributed by atoms with E-state index in [0.29, 0.717) is 0 Å². The Balaban J connectivity index is 0. The van der Waals surface area contributed by atoms with Crippen molar-refractivity contribution >= 4 is 55.1 Å². The molecule has 0 aliphatic heterocycles. The summed E-state index contributed by atoms with van der Waals surface area (Å²) in [6.07, 6.45) is 3.32. The highest BCUT2D eigenvalue weighted by Crippen LogP contribution is 2.34. The molecule has 0 aromatic carbocycles. The van der Waals surface area contributed by atoms with Crippen molar-refractivity contribution in [2.45, 2.75) is 0 Å². The summed E-state index contributed by atoms with van der Waals surface area (Å²) >= 11 is 16.8. The van der Waals surface area contributed by atoms with Crippen molar-refractivity contribution in [3.05, 3.63) is 0 Å². The number of hydrogen-bond donors (Lipinski definition) is 0. The van der Waals surface area contributed by atoms with Crippen LogP contribution >= 0.6 is 55.1 Å². The Labute approximate surface area is 91.1 Å². The summed E-state index contributed by atoms with van der Waals surface area (Å²) in [5.41, 5.74) is 0. The topological polar surface area (TPSA) is 0 Å². The predicted octanol–water partition coefficient (Wildman–Crippen LogP) is 3.61. The maximum atomic E-state index is 5.60. The zero-order chi connectivity index (χ0) is 7.82. The zero-order valence-corrected chi connectivity index (χ0v) is 10.2. The molecule has 0 aromatic heterocycles. The van der Waals surface area contributed by atoms with E-state index in [-0.39, 0.29) is 20.3 Å². The molecule has 0 unspecified atom stereocenters. The highest BCUT2D eigenvalue weighted by Gasteiger charge is 2.04. The highest BCUT2D eigenvalue weighted by molar-refractivity contribution is 7.58. The summed E-state index contributed by atoms with van der Waals surface area (Å²) in [5, 5.41) is 0. The van der Waals surface area contributed by atoms with E-state index in [1.54, 1.807) is 0 Å². The summed E-state index contributed by atoms with van der Waals surface area (Å²) in [4.78, 5) is 0. The zero-order valence-electron chi connectivity index (χ0n) is 6.23. The molecule has 0 aliphatic rings. The van der Waals surface area contributed by atoms with Crippen molar-refractivity contribution in [3.63, 3.8) is 0 Å². The Morgan fingerprint density at radius 3 is 1.18 bits per heavy atom. The molecule has 0 nitrogen and oxygen atoms in total. The molecule has 0 fully saturated rings. The van der Waals surface area contributed by atoms with Gasteiger partial charge in [-0.05, 0) is 18.5 Å². The van der Waals surface area contributed by atoms with E-state index >= 15 is 0 Å². The summed E-state index contributed by atoms with van der Waals surface area (Å²) < 4.78 is 0. The molecule has 70 valence electrons. The van der Waals surface area contributed by atoms with Crippen molar-refractivity contribution in [3.8, 4) is 0 Å². The van der Waals surface area contributed by atoms with Crippen LogP contribution in [0.5, 0.6) is 0 Å². The van der Waals surface area contributed by atoms with Gasteiger partial charge in [0.15, 0.2) is 0 Å². The van der Waals surface area contributed by atoms with Crippen molar-refractivity contribution in [2.24, 2.45) is 0 Å². The van der Waals surface area contributed by atoms with Crippen molar-refractivity contribution < 1.29 is 0 Å². The minimum atomic E-state index is 0. The first kappa shape index (κ1) is 15.1. The van der Waals surface area contributed by atoms with Crippen LogP contribution in [0.15, 0.2) is 0 Å². The largest absolute Gasteiger partial charge is 0.147 e. The molecule has 0 saturated carbocycles. The molecule has 0 aliphatic carbocycles. The smallest absolute Gasteiger partial charge is 0.0262 e. The second-order valence-electron chi connectivity index (χ2n) is 1.91. The van der Waals surface area contributed by atoms with E-state index in [4.69, 9.17) is 34.8 Å². The fourth-order valence-corrected chi connectivity index (χ4v) is 4.23. The van der Waals surface area contributed by atoms with E-state index < -0.39 is 0 Å². The molecule has 0 bridgehead atoms. The molecule has 0 heterocycles. The molecule has 0 saturated heterocycles. The molecule has 0 N–H and O–H groups in total. The second kappa shape index (κ2) is 11.6. The third kappa shape index (κ3) is 9.50. The van der Waals surface area contributed by atoms with Crippen LogP contribution in [0.2, 0.25) is 0 Å². The maximum absolute atomic E-state index is 5.60. The first-order valence-corrected chi connectivity index (χ1v) is 6.75. The van der Waals surface area contributed by atoms with Crippen molar-refractivity contribution in [2.75, 3.05) is 36.1 Å². The lowest BCUT2D eigenvalue weighted by atomic mass is 10.9. The van der Waals surface area contributed by atoms with Gasteiger partial charge in [0.05, 0.1) is 0 Å². The van der Waals surface area contributed by atoms with Gasteiger partial charge in [-0.3, -0.25) is 0 Å². The fraction of sp³-hybridized carbons (Fsp3) is 1.00. The lowest BCUT2D eigenvalue weighted by Crippen LogP contribution is -1.98. The maximum Gasteiger partial charge on any atom is 0.0262 e. The van der Waals surface area contributed by atoms with Crippen molar-refractivity contribution in [1.29, 1.82) is 0 Å². The Morgan fingerprint density at radius 2 is 1.00 bits per heavy atom. The molecule has 0 radical (unpaired) electrons. The number of alkyl halides is 3. The van der Waals surface area contributed by atoms with Crippen LogP contribution in [-0.2, 0) is 0 Å². The van der Waals surface area contributed by atoms with Crippen molar-refractivity contribution in [1.82, 2.24) is 0 Å². The quantitative estimate of drug-likeness (QED) is 0.504. The standard InChI is InChI=1S/C6H12Cl3P.ClH/c7-1-4-10(5-2-8)6-3-9;/h1-6H2;1H. The van der Waals surface area contributed by atoms with Gasteiger partial charge in [-0.15, -0.1) is 55.1 Å². The molecule has 0 rings (SSSR count). The molecule has 11 heavy (non-hydrogen) atoms. The predicted molar refractivity (Wildman–Crippen MR) is 60.9 cm³/mol. The molecule has 0 atom stereocenters. The third-order valence-electron chi connectivity index (χ3n) is 1.20. The van der Waals surface area contributed by atoms with Gasteiger partial charge in [0.2, 0.25) is 0 Å². The molecule has 5 heteroatoms. The fourth-order valence-electron chi connectivity index (χ4n) is 0.694. The minimum Gasteiger partial charge on any atom is -0.147 e. The molecule has 0 aromatic rings. The van der Waals surface area contributed by atoms with Crippen LogP contribution in [-0.4, -0.2) is 36.1 Å². The van der Waals surface area contributed by atoms with Gasteiger partial charge in [0, 0.05) is 17.6 Å². The summed E-state index contributed by atoms with van der Waals surface area (Å²) in [6, 6.07) is 0. The van der Waals surface area contributed by atoms with E-state index in [1.807, 2.05) is 0 Å². The van der Waals surface area contributed by atoms with Crippen LogP contribution in [0.3, 0.4) is 0 Å². The van der Waals surface area contributed by atoms with Gasteiger partial charge in [0.25, 0.3) is 0 Å². The SMILES string of the molecule is Cl.ClCCP(CCCl)CCCl. The van der Waals surface area contributed by atoms with Gasteiger partial charge in [0.1, 0.15) is 0 Å². The second-order valence-corrected chi connectivity index (χ2v) is 5.73. The summed E-state index contributed by atoms with van der Waals surface area (Å²) in [6.45, 7) is 0. The van der Waals surface area contributed by atoms with Gasteiger partial charge in [-0.1, -0.05) is 0 Å². The molecule has 0 amide bonds. The molecular formula is C6H13Cl4P. The van der Waals surface area contributed by atoms with Gasteiger partial charge >= 0.3 is 0 Å². The van der Waals surface area contributed by atoms with Crippen LogP contribution in [0.1, 0.15) is 0 Å². The minimum absolute atomic E-state index is 0. The lowest BCUT2D eigenvalue weighted by molar-refractivity contribution is 1.36. The van der Waals surface area contributed by atoms with Gasteiger partial charge < -0.3 is 0 Å². The van der Waals surface area contributed by atoms with E-state index in [9.17, 15) is 0 Å². The van der Waals surface area contributed by atoms with Crippen LogP contribution in [0.25, 0.3) is 0 Å². The summed E-state index contributed by atoms with van der Waals surface area (Å²) in [5.74, 6) is 2.25. The monoisotopic (exact) mass is 256 g/mol. The van der Waals surface area contributed by atoms with E-state index in [2.05, 4.69) is 0 Å². The number of rotatable bonds is 6. The summed E-state index contributed by atoms with van der Waals surface area (Å²) in [7, 11) is 0.0432. The third-order valence-corrected chi connectivity index (χ3v) is 5.13. The first-order valence-electron chi connectivity index (χ1n) is 3.25. The van der Waals surface area contributed by atoms with Crippen LogP contribution in [0, 0.1) is 0 Å². The highest BCUT2D eigenvalue weighted by atomic mass is 35.5. The first-order chi connectivity index (χ1) is 4.85. The average Bonchev–Trinajstić information content (AvgIpc) is 1.90. The molecular weight excluding hydrogens is 245 g/mol. The van der Waals surface area contributed by atoms with E-state index in [0.717, 1.165) is 36.1 Å².